The quantitative estimate of drug-likeness (QED) is 0.767. The Morgan fingerprint density at radius 1 is 1.25 bits per heavy atom. The predicted octanol–water partition coefficient (Wildman–Crippen LogP) is 0.319. The molecule has 10 heteroatoms. The summed E-state index contributed by atoms with van der Waals surface area (Å²) in [6, 6.07) is 2.94. The van der Waals surface area contributed by atoms with Gasteiger partial charge in [0.15, 0.2) is 0 Å². The largest absolute Gasteiger partial charge is 0.379 e. The van der Waals surface area contributed by atoms with Crippen LogP contribution < -0.4 is 4.72 Å². The highest BCUT2D eigenvalue weighted by Gasteiger charge is 2.36. The molecule has 2 unspecified atom stereocenters. The number of rotatable bonds is 6. The lowest BCUT2D eigenvalue weighted by Crippen LogP contribution is -2.43. The van der Waals surface area contributed by atoms with Crippen LogP contribution in [0.1, 0.15) is 5.56 Å². The van der Waals surface area contributed by atoms with Gasteiger partial charge in [-0.1, -0.05) is 6.07 Å². The van der Waals surface area contributed by atoms with Crippen LogP contribution in [0.4, 0.5) is 4.39 Å². The molecule has 0 amide bonds. The molecular weight excluding hydrogens is 359 g/mol. The fraction of sp³-hybridized carbons (Fsp3) is 0.571. The third-order valence-electron chi connectivity index (χ3n) is 3.94. The molecule has 1 N–H and O–H groups in total. The van der Waals surface area contributed by atoms with E-state index in [4.69, 9.17) is 4.74 Å². The molecule has 1 aliphatic rings. The van der Waals surface area contributed by atoms with E-state index in [0.29, 0.717) is 5.56 Å². The van der Waals surface area contributed by atoms with Crippen molar-refractivity contribution in [3.63, 3.8) is 0 Å². The van der Waals surface area contributed by atoms with Crippen LogP contribution in [0.15, 0.2) is 23.1 Å². The molecule has 24 heavy (non-hydrogen) atoms. The molecular formula is C14H21FN2O5S2. The van der Waals surface area contributed by atoms with Crippen LogP contribution in [0.2, 0.25) is 0 Å². The molecule has 1 aromatic carbocycles. The van der Waals surface area contributed by atoms with E-state index < -0.39 is 37.8 Å². The average Bonchev–Trinajstić information content (AvgIpc) is 2.87. The summed E-state index contributed by atoms with van der Waals surface area (Å²) in [5.41, 5.74) is 0.341. The molecule has 0 aromatic heterocycles. The van der Waals surface area contributed by atoms with Gasteiger partial charge in [0.1, 0.15) is 5.82 Å². The maximum Gasteiger partial charge on any atom is 0.241 e. The highest BCUT2D eigenvalue weighted by molar-refractivity contribution is 7.89. The Kier molecular flexibility index (Phi) is 5.65. The number of benzene rings is 1. The summed E-state index contributed by atoms with van der Waals surface area (Å²) in [5.74, 6) is -1.36. The summed E-state index contributed by atoms with van der Waals surface area (Å²) in [4.78, 5) is -0.202. The molecule has 2 atom stereocenters. The number of hydrogen-bond acceptors (Lipinski definition) is 5. The van der Waals surface area contributed by atoms with Gasteiger partial charge in [-0.25, -0.2) is 30.3 Å². The highest BCUT2D eigenvalue weighted by Crippen LogP contribution is 2.21. The standard InChI is InChI=1S/C14H21FN2O5S2/c1-10-4-5-12(6-13(10)15)24(20,21)16-14-8-22-7-11(14)9-23(18,19)17(2)3/h4-6,11,14,16H,7-9H2,1-3H3. The molecule has 1 heterocycles. The van der Waals surface area contributed by atoms with E-state index in [0.717, 1.165) is 10.4 Å². The number of halogens is 1. The van der Waals surface area contributed by atoms with Gasteiger partial charge in [-0.3, -0.25) is 0 Å². The Morgan fingerprint density at radius 3 is 2.50 bits per heavy atom. The molecule has 136 valence electrons. The van der Waals surface area contributed by atoms with Crippen molar-refractivity contribution in [2.24, 2.45) is 5.92 Å². The Labute approximate surface area is 141 Å². The van der Waals surface area contributed by atoms with Crippen molar-refractivity contribution < 1.29 is 26.0 Å². The molecule has 1 aliphatic heterocycles. The zero-order valence-electron chi connectivity index (χ0n) is 13.7. The number of hydrogen-bond donors (Lipinski definition) is 1. The number of ether oxygens (including phenoxy) is 1. The van der Waals surface area contributed by atoms with Gasteiger partial charge in [0.2, 0.25) is 20.0 Å². The molecule has 0 spiro atoms. The maximum absolute atomic E-state index is 13.6. The minimum Gasteiger partial charge on any atom is -0.379 e. The predicted molar refractivity (Wildman–Crippen MR) is 87.0 cm³/mol. The van der Waals surface area contributed by atoms with Crippen molar-refractivity contribution >= 4 is 20.0 Å². The van der Waals surface area contributed by atoms with Crippen LogP contribution >= 0.6 is 0 Å². The number of sulfonamides is 2. The fourth-order valence-corrected chi connectivity index (χ4v) is 4.79. The third-order valence-corrected chi connectivity index (χ3v) is 7.39. The minimum absolute atomic E-state index is 0.0706. The third kappa shape index (κ3) is 4.31. The van der Waals surface area contributed by atoms with Gasteiger partial charge in [0.05, 0.1) is 29.9 Å². The van der Waals surface area contributed by atoms with Crippen molar-refractivity contribution in [3.05, 3.63) is 29.6 Å². The second-order valence-corrected chi connectivity index (χ2v) is 9.94. The van der Waals surface area contributed by atoms with Gasteiger partial charge in [-0.05, 0) is 24.6 Å². The lowest BCUT2D eigenvalue weighted by atomic mass is 10.1. The molecule has 0 saturated carbocycles. The molecule has 0 bridgehead atoms. The molecule has 1 saturated heterocycles. The van der Waals surface area contributed by atoms with Gasteiger partial charge >= 0.3 is 0 Å². The summed E-state index contributed by atoms with van der Waals surface area (Å²) >= 11 is 0. The average molecular weight is 380 g/mol. The lowest BCUT2D eigenvalue weighted by Gasteiger charge is -2.21. The van der Waals surface area contributed by atoms with E-state index in [2.05, 4.69) is 4.72 Å². The number of aryl methyl sites for hydroxylation is 1. The van der Waals surface area contributed by atoms with Crippen LogP contribution in [0, 0.1) is 18.7 Å². The first-order chi connectivity index (χ1) is 11.0. The van der Waals surface area contributed by atoms with Crippen LogP contribution in [-0.2, 0) is 24.8 Å². The summed E-state index contributed by atoms with van der Waals surface area (Å²) in [6.45, 7) is 1.75. The van der Waals surface area contributed by atoms with E-state index in [1.54, 1.807) is 0 Å². The molecule has 1 fully saturated rings. The van der Waals surface area contributed by atoms with Gasteiger partial charge < -0.3 is 4.74 Å². The number of nitrogens with one attached hydrogen (secondary N) is 1. The van der Waals surface area contributed by atoms with Gasteiger partial charge in [0.25, 0.3) is 0 Å². The smallest absolute Gasteiger partial charge is 0.241 e. The Morgan fingerprint density at radius 2 is 1.92 bits per heavy atom. The summed E-state index contributed by atoms with van der Waals surface area (Å²) < 4.78 is 71.2. The highest BCUT2D eigenvalue weighted by atomic mass is 32.2. The topological polar surface area (TPSA) is 92.8 Å². The first-order valence-corrected chi connectivity index (χ1v) is 10.4. The first kappa shape index (κ1) is 19.3. The van der Waals surface area contributed by atoms with Crippen molar-refractivity contribution in [1.29, 1.82) is 0 Å². The monoisotopic (exact) mass is 380 g/mol. The zero-order chi connectivity index (χ0) is 18.1. The van der Waals surface area contributed by atoms with E-state index in [1.165, 1.54) is 33.2 Å². The first-order valence-electron chi connectivity index (χ1n) is 7.29. The van der Waals surface area contributed by atoms with Gasteiger partial charge in [0, 0.05) is 20.0 Å². The molecule has 2 rings (SSSR count). The zero-order valence-corrected chi connectivity index (χ0v) is 15.3. The second-order valence-electron chi connectivity index (χ2n) is 6.00. The Bertz CT molecular complexity index is 808. The SMILES string of the molecule is Cc1ccc(S(=O)(=O)NC2COCC2CS(=O)(=O)N(C)C)cc1F. The van der Waals surface area contributed by atoms with E-state index >= 15 is 0 Å². The van der Waals surface area contributed by atoms with Crippen LogP contribution in [0.3, 0.4) is 0 Å². The van der Waals surface area contributed by atoms with Crippen molar-refractivity contribution in [2.45, 2.75) is 17.9 Å². The summed E-state index contributed by atoms with van der Waals surface area (Å²) in [6.07, 6.45) is 0. The van der Waals surface area contributed by atoms with Gasteiger partial charge in [-0.15, -0.1) is 0 Å². The maximum atomic E-state index is 13.6. The number of nitrogens with zero attached hydrogens (tertiary/aromatic N) is 1. The van der Waals surface area contributed by atoms with Crippen molar-refractivity contribution in [1.82, 2.24) is 9.03 Å². The molecule has 1 aromatic rings. The Hall–Kier alpha value is -1.07. The molecule has 0 aliphatic carbocycles. The van der Waals surface area contributed by atoms with Crippen molar-refractivity contribution in [3.8, 4) is 0 Å². The second kappa shape index (κ2) is 7.04. The van der Waals surface area contributed by atoms with E-state index in [1.807, 2.05) is 0 Å². The fourth-order valence-electron chi connectivity index (χ4n) is 2.32. The molecule has 7 nitrogen and oxygen atoms in total. The van der Waals surface area contributed by atoms with E-state index in [9.17, 15) is 21.2 Å². The van der Waals surface area contributed by atoms with Crippen LogP contribution in [-0.4, -0.2) is 60.2 Å². The summed E-state index contributed by atoms with van der Waals surface area (Å²) in [5, 5.41) is 0. The summed E-state index contributed by atoms with van der Waals surface area (Å²) in [7, 11) is -4.63. The molecule has 0 radical (unpaired) electrons. The van der Waals surface area contributed by atoms with Crippen LogP contribution in [0.25, 0.3) is 0 Å². The van der Waals surface area contributed by atoms with E-state index in [-0.39, 0.29) is 23.9 Å². The lowest BCUT2D eigenvalue weighted by molar-refractivity contribution is 0.185. The Balaban J connectivity index is 2.17. The van der Waals surface area contributed by atoms with Crippen LogP contribution in [0.5, 0.6) is 0 Å². The van der Waals surface area contributed by atoms with Crippen molar-refractivity contribution in [2.75, 3.05) is 33.1 Å². The normalized spacial score (nSPS) is 22.2. The van der Waals surface area contributed by atoms with Gasteiger partial charge in [-0.2, -0.15) is 0 Å². The minimum atomic E-state index is -3.97.